The van der Waals surface area contributed by atoms with Gasteiger partial charge in [0.1, 0.15) is 0 Å². The molecule has 0 radical (unpaired) electrons. The van der Waals surface area contributed by atoms with Crippen LogP contribution in [0, 0.1) is 5.82 Å². The normalized spacial score (nSPS) is 23.5. The molecule has 0 amide bonds. The molecule has 1 aliphatic heterocycles. The van der Waals surface area contributed by atoms with Crippen LogP contribution in [-0.4, -0.2) is 23.3 Å². The highest BCUT2D eigenvalue weighted by atomic mass is 35.5. The average Bonchev–Trinajstić information content (AvgIpc) is 2.44. The number of pyridine rings is 1. The minimum atomic E-state index is -0.996. The van der Waals surface area contributed by atoms with Crippen molar-refractivity contribution in [3.8, 4) is 0 Å². The second-order valence-corrected chi connectivity index (χ2v) is 5.31. The van der Waals surface area contributed by atoms with Gasteiger partial charge < -0.3 is 9.31 Å². The van der Waals surface area contributed by atoms with E-state index < -0.39 is 35.3 Å². The Kier molecular flexibility index (Phi) is 2.38. The van der Waals surface area contributed by atoms with Gasteiger partial charge in [-0.05, 0) is 33.7 Å². The third kappa shape index (κ3) is 2.19. The molecule has 0 aromatic carbocycles. The minimum absolute atomic E-state index is 0.0412. The van der Waals surface area contributed by atoms with Crippen LogP contribution in [0.25, 0.3) is 0 Å². The summed E-state index contributed by atoms with van der Waals surface area (Å²) in [7, 11) is -0.996. The second-order valence-electron chi connectivity index (χ2n) is 4.96. The summed E-state index contributed by atoms with van der Waals surface area (Å²) < 4.78 is 40.5. The summed E-state index contributed by atoms with van der Waals surface area (Å²) in [5.41, 5.74) is -1.31. The molecule has 1 fully saturated rings. The second kappa shape index (κ2) is 3.94. The summed E-state index contributed by atoms with van der Waals surface area (Å²) in [5, 5.41) is -0.490. The lowest BCUT2D eigenvalue weighted by atomic mass is 9.80. The monoisotopic (exact) mass is 259 g/mol. The van der Waals surface area contributed by atoms with Crippen LogP contribution in [0.5, 0.6) is 0 Å². The van der Waals surface area contributed by atoms with E-state index in [-0.39, 0.29) is 11.6 Å². The fourth-order valence-electron chi connectivity index (χ4n) is 1.43. The van der Waals surface area contributed by atoms with E-state index in [1.54, 1.807) is 0 Å². The van der Waals surface area contributed by atoms with Crippen molar-refractivity contribution in [1.29, 1.82) is 0 Å². The molecule has 3 nitrogen and oxygen atoms in total. The Balaban J connectivity index is 2.49. The van der Waals surface area contributed by atoms with Gasteiger partial charge in [-0.2, -0.15) is 0 Å². The summed E-state index contributed by atoms with van der Waals surface area (Å²) in [5.74, 6) is -0.970. The molecule has 1 aromatic rings. The zero-order chi connectivity index (χ0) is 14.6. The third-order valence-electron chi connectivity index (χ3n) is 3.19. The Morgan fingerprint density at radius 3 is 2.41 bits per heavy atom. The van der Waals surface area contributed by atoms with Gasteiger partial charge in [0, 0.05) is 11.6 Å². The fraction of sp³-hybridized carbons (Fsp3) is 0.545. The summed E-state index contributed by atoms with van der Waals surface area (Å²) in [6, 6.07) is -0.511. The van der Waals surface area contributed by atoms with Gasteiger partial charge in [-0.1, -0.05) is 11.6 Å². The van der Waals surface area contributed by atoms with E-state index in [2.05, 4.69) is 4.98 Å². The van der Waals surface area contributed by atoms with E-state index in [1.165, 1.54) is 0 Å². The molecule has 1 aromatic heterocycles. The number of hydrogen-bond donors (Lipinski definition) is 0. The molecule has 0 N–H and O–H groups in total. The first-order valence-electron chi connectivity index (χ1n) is 6.24. The zero-order valence-corrected chi connectivity index (χ0v) is 10.9. The van der Waals surface area contributed by atoms with Crippen molar-refractivity contribution in [2.24, 2.45) is 0 Å². The Morgan fingerprint density at radius 2 is 1.88 bits per heavy atom. The Morgan fingerprint density at radius 1 is 1.35 bits per heavy atom. The lowest BCUT2D eigenvalue weighted by Gasteiger charge is -2.32. The highest BCUT2D eigenvalue weighted by Crippen LogP contribution is 2.36. The molecule has 0 unspecified atom stereocenters. The van der Waals surface area contributed by atoms with E-state index in [4.69, 9.17) is 23.7 Å². The van der Waals surface area contributed by atoms with Crippen molar-refractivity contribution >= 4 is 24.2 Å². The van der Waals surface area contributed by atoms with Crippen molar-refractivity contribution in [3.63, 3.8) is 0 Å². The highest BCUT2D eigenvalue weighted by molar-refractivity contribution is 6.62. The topological polar surface area (TPSA) is 31.4 Å². The van der Waals surface area contributed by atoms with Gasteiger partial charge in [-0.25, -0.2) is 9.37 Å². The van der Waals surface area contributed by atoms with Gasteiger partial charge in [0.25, 0.3) is 0 Å². The van der Waals surface area contributed by atoms with Crippen molar-refractivity contribution in [2.75, 3.05) is 0 Å². The molecule has 0 spiro atoms. The first kappa shape index (κ1) is 10.3. The molecule has 6 heteroatoms. The summed E-state index contributed by atoms with van der Waals surface area (Å²) in [4.78, 5) is 3.55. The molecule has 0 atom stereocenters. The molecular weight excluding hydrogens is 243 g/mol. The zero-order valence-electron chi connectivity index (χ0n) is 12.1. The van der Waals surface area contributed by atoms with E-state index in [0.29, 0.717) is 0 Å². The van der Waals surface area contributed by atoms with Crippen molar-refractivity contribution < 1.29 is 16.4 Å². The fourth-order valence-corrected chi connectivity index (χ4v) is 1.52. The lowest BCUT2D eigenvalue weighted by molar-refractivity contribution is 0.00578. The maximum atomic E-state index is 13.6. The van der Waals surface area contributed by atoms with Gasteiger partial charge in [0.2, 0.25) is 0 Å². The quantitative estimate of drug-likeness (QED) is 0.572. The van der Waals surface area contributed by atoms with Crippen LogP contribution in [0.3, 0.4) is 0 Å². The molecule has 0 saturated carbocycles. The first-order valence-corrected chi connectivity index (χ1v) is 5.62. The number of hydrogen-bond acceptors (Lipinski definition) is 3. The maximum Gasteiger partial charge on any atom is 0.496 e. The Labute approximate surface area is 108 Å². The molecule has 1 saturated heterocycles. The predicted octanol–water partition coefficient (Wildman–Crippen LogP) is 2.17. The van der Waals surface area contributed by atoms with E-state index in [9.17, 15) is 4.39 Å². The van der Waals surface area contributed by atoms with Crippen LogP contribution in [-0.2, 0) is 9.31 Å². The maximum absolute atomic E-state index is 13.6. The average molecular weight is 260 g/mol. The number of halogens is 2. The standard InChI is InChI=1S/C11H14BClFNO2/c1-10(2)11(3,4)17-12(16-10)7-5-8(14)9(13)15-6-7/h5-6H,1-4H3/i5D,6D. The predicted molar refractivity (Wildman–Crippen MR) is 64.9 cm³/mol. The van der Waals surface area contributed by atoms with Gasteiger partial charge in [0.15, 0.2) is 11.0 Å². The highest BCUT2D eigenvalue weighted by Gasteiger charge is 2.51. The van der Waals surface area contributed by atoms with E-state index in [0.717, 1.165) is 0 Å². The molecule has 2 rings (SSSR count). The van der Waals surface area contributed by atoms with Crippen LogP contribution in [0.15, 0.2) is 12.2 Å². The molecule has 2 heterocycles. The summed E-state index contributed by atoms with van der Waals surface area (Å²) in [6.45, 7) is 7.33. The molecular formula is C11H14BClFNO2. The van der Waals surface area contributed by atoms with Gasteiger partial charge in [-0.15, -0.1) is 0 Å². The number of nitrogens with zero attached hydrogens (tertiary/aromatic N) is 1. The van der Waals surface area contributed by atoms with Gasteiger partial charge in [0.05, 0.1) is 13.9 Å². The van der Waals surface area contributed by atoms with Crippen LogP contribution >= 0.6 is 11.6 Å². The summed E-state index contributed by atoms with van der Waals surface area (Å²) in [6.07, 6.45) is -0.310. The molecule has 92 valence electrons. The van der Waals surface area contributed by atoms with E-state index >= 15 is 0 Å². The third-order valence-corrected chi connectivity index (χ3v) is 3.44. The molecule has 17 heavy (non-hydrogen) atoms. The number of aromatic nitrogens is 1. The smallest absolute Gasteiger partial charge is 0.399 e. The summed E-state index contributed by atoms with van der Waals surface area (Å²) >= 11 is 5.50. The van der Waals surface area contributed by atoms with Crippen LogP contribution < -0.4 is 5.46 Å². The molecule has 0 aliphatic carbocycles. The molecule has 0 bridgehead atoms. The van der Waals surface area contributed by atoms with Crippen molar-refractivity contribution in [1.82, 2.24) is 4.98 Å². The van der Waals surface area contributed by atoms with Crippen LogP contribution in [0.2, 0.25) is 5.15 Å². The Hall–Kier alpha value is -0.645. The van der Waals surface area contributed by atoms with Crippen molar-refractivity contribution in [3.05, 3.63) is 23.2 Å². The van der Waals surface area contributed by atoms with Crippen LogP contribution in [0.1, 0.15) is 30.4 Å². The lowest BCUT2D eigenvalue weighted by Crippen LogP contribution is -2.41. The minimum Gasteiger partial charge on any atom is -0.399 e. The van der Waals surface area contributed by atoms with Gasteiger partial charge in [-0.3, -0.25) is 0 Å². The van der Waals surface area contributed by atoms with Crippen LogP contribution in [0.4, 0.5) is 4.39 Å². The van der Waals surface area contributed by atoms with Gasteiger partial charge >= 0.3 is 7.12 Å². The molecule has 1 aliphatic rings. The van der Waals surface area contributed by atoms with E-state index in [1.807, 2.05) is 27.7 Å². The first-order chi connectivity index (χ1) is 8.57. The SMILES string of the molecule is [2H]c1nc(Cl)c(F)c([2H])c1B1OC(C)(C)C(C)(C)O1. The number of rotatable bonds is 1. The Bertz CT molecular complexity index is 526. The largest absolute Gasteiger partial charge is 0.496 e. The van der Waals surface area contributed by atoms with Crippen molar-refractivity contribution in [2.45, 2.75) is 38.9 Å².